The Bertz CT molecular complexity index is 615. The second-order valence-corrected chi connectivity index (χ2v) is 4.76. The molecule has 2 aromatic heterocycles. The first-order valence-corrected chi connectivity index (χ1v) is 6.89. The van der Waals surface area contributed by atoms with Gasteiger partial charge in [-0.2, -0.15) is 0 Å². The molecule has 0 amide bonds. The molecule has 1 aliphatic heterocycles. The first-order valence-electron chi connectivity index (χ1n) is 6.89. The van der Waals surface area contributed by atoms with Crippen molar-refractivity contribution < 1.29 is 9.26 Å². The van der Waals surface area contributed by atoms with Crippen LogP contribution in [0.4, 0.5) is 0 Å². The van der Waals surface area contributed by atoms with E-state index in [9.17, 15) is 4.79 Å². The fourth-order valence-electron chi connectivity index (χ4n) is 2.17. The van der Waals surface area contributed by atoms with Crippen molar-refractivity contribution in [1.82, 2.24) is 25.3 Å². The van der Waals surface area contributed by atoms with Crippen LogP contribution in [0.2, 0.25) is 0 Å². The third-order valence-electron chi connectivity index (χ3n) is 3.31. The van der Waals surface area contributed by atoms with Gasteiger partial charge in [0.2, 0.25) is 5.82 Å². The van der Waals surface area contributed by atoms with Crippen molar-refractivity contribution in [3.63, 3.8) is 0 Å². The zero-order valence-corrected chi connectivity index (χ0v) is 11.5. The van der Waals surface area contributed by atoms with Crippen LogP contribution in [0.5, 0.6) is 5.75 Å². The van der Waals surface area contributed by atoms with E-state index < -0.39 is 5.76 Å². The maximum Gasteiger partial charge on any atom is 0.439 e. The predicted octanol–water partition coefficient (Wildman–Crippen LogP) is -0.291. The highest BCUT2D eigenvalue weighted by Crippen LogP contribution is 2.14. The highest BCUT2D eigenvalue weighted by atomic mass is 16.5. The molecule has 112 valence electrons. The van der Waals surface area contributed by atoms with Gasteiger partial charge in [-0.3, -0.25) is 14.4 Å². The molecular weight excluding hydrogens is 274 g/mol. The van der Waals surface area contributed by atoms with Crippen molar-refractivity contribution in [2.75, 3.05) is 39.3 Å². The highest BCUT2D eigenvalue weighted by Gasteiger charge is 2.09. The number of rotatable bonds is 5. The molecule has 3 rings (SSSR count). The van der Waals surface area contributed by atoms with E-state index in [1.807, 2.05) is 0 Å². The molecule has 1 fully saturated rings. The maximum atomic E-state index is 10.9. The number of nitrogens with zero attached hydrogens (tertiary/aromatic N) is 3. The second-order valence-electron chi connectivity index (χ2n) is 4.76. The molecule has 0 radical (unpaired) electrons. The average molecular weight is 291 g/mol. The van der Waals surface area contributed by atoms with Gasteiger partial charge in [-0.05, 0) is 12.1 Å². The Morgan fingerprint density at radius 3 is 2.86 bits per heavy atom. The van der Waals surface area contributed by atoms with Crippen LogP contribution in [0.3, 0.4) is 0 Å². The summed E-state index contributed by atoms with van der Waals surface area (Å²) in [5.74, 6) is 0.412. The lowest BCUT2D eigenvalue weighted by Crippen LogP contribution is -2.44. The number of piperazine rings is 1. The largest absolute Gasteiger partial charge is 0.491 e. The van der Waals surface area contributed by atoms with E-state index in [2.05, 4.69) is 29.9 Å². The summed E-state index contributed by atoms with van der Waals surface area (Å²) in [6.45, 7) is 5.71. The Kier molecular flexibility index (Phi) is 4.27. The minimum Gasteiger partial charge on any atom is -0.491 e. The number of aromatic amines is 1. The van der Waals surface area contributed by atoms with Crippen molar-refractivity contribution in [2.45, 2.75) is 0 Å². The Hall–Kier alpha value is -2.19. The number of pyridine rings is 1. The minimum absolute atomic E-state index is 0.312. The number of H-pyrrole nitrogens is 1. The fraction of sp³-hybridized carbons (Fsp3) is 0.462. The fourth-order valence-corrected chi connectivity index (χ4v) is 2.17. The third kappa shape index (κ3) is 3.67. The van der Waals surface area contributed by atoms with Gasteiger partial charge in [-0.15, -0.1) is 0 Å². The Labute approximate surface area is 121 Å². The van der Waals surface area contributed by atoms with Crippen LogP contribution < -0.4 is 15.8 Å². The van der Waals surface area contributed by atoms with Crippen LogP contribution in [0.25, 0.3) is 11.5 Å². The molecule has 0 bridgehead atoms. The topological polar surface area (TPSA) is 96.3 Å². The molecule has 2 N–H and O–H groups in total. The SMILES string of the molecule is O=c1[nH]c(-c2ccc(OCCN3CCNCC3)cn2)no1. The summed E-state index contributed by atoms with van der Waals surface area (Å²) < 4.78 is 10.1. The summed E-state index contributed by atoms with van der Waals surface area (Å²) in [6, 6.07) is 3.53. The van der Waals surface area contributed by atoms with Crippen LogP contribution in [-0.4, -0.2) is 59.4 Å². The molecule has 21 heavy (non-hydrogen) atoms. The maximum absolute atomic E-state index is 10.9. The average Bonchev–Trinajstić information content (AvgIpc) is 2.96. The molecule has 3 heterocycles. The van der Waals surface area contributed by atoms with Crippen molar-refractivity contribution in [2.24, 2.45) is 0 Å². The van der Waals surface area contributed by atoms with Gasteiger partial charge in [-0.1, -0.05) is 5.16 Å². The van der Waals surface area contributed by atoms with E-state index in [1.165, 1.54) is 0 Å². The lowest BCUT2D eigenvalue weighted by atomic mass is 10.3. The van der Waals surface area contributed by atoms with Gasteiger partial charge in [0.15, 0.2) is 0 Å². The first kappa shape index (κ1) is 13.8. The van der Waals surface area contributed by atoms with Crippen LogP contribution in [0.15, 0.2) is 27.6 Å². The van der Waals surface area contributed by atoms with Crippen molar-refractivity contribution in [3.05, 3.63) is 28.9 Å². The van der Waals surface area contributed by atoms with E-state index in [0.29, 0.717) is 23.9 Å². The summed E-state index contributed by atoms with van der Waals surface area (Å²) in [6.07, 6.45) is 1.61. The quantitative estimate of drug-likeness (QED) is 0.781. The zero-order chi connectivity index (χ0) is 14.5. The number of ether oxygens (including phenoxy) is 1. The molecule has 0 saturated carbocycles. The van der Waals surface area contributed by atoms with Gasteiger partial charge >= 0.3 is 5.76 Å². The normalized spacial score (nSPS) is 16.0. The zero-order valence-electron chi connectivity index (χ0n) is 11.5. The predicted molar refractivity (Wildman–Crippen MR) is 75.2 cm³/mol. The van der Waals surface area contributed by atoms with Gasteiger partial charge < -0.3 is 10.1 Å². The Morgan fingerprint density at radius 2 is 2.19 bits per heavy atom. The van der Waals surface area contributed by atoms with Gasteiger partial charge in [0.1, 0.15) is 18.1 Å². The van der Waals surface area contributed by atoms with E-state index >= 15 is 0 Å². The van der Waals surface area contributed by atoms with E-state index in [0.717, 1.165) is 32.7 Å². The van der Waals surface area contributed by atoms with E-state index in [4.69, 9.17) is 4.74 Å². The number of nitrogens with one attached hydrogen (secondary N) is 2. The lowest BCUT2D eigenvalue weighted by Gasteiger charge is -2.26. The van der Waals surface area contributed by atoms with Crippen LogP contribution in [-0.2, 0) is 0 Å². The molecule has 0 aliphatic carbocycles. The molecule has 0 unspecified atom stereocenters. The summed E-state index contributed by atoms with van der Waals surface area (Å²) in [5.41, 5.74) is 0.537. The van der Waals surface area contributed by atoms with Gasteiger partial charge in [-0.25, -0.2) is 9.78 Å². The lowest BCUT2D eigenvalue weighted by molar-refractivity contribution is 0.191. The van der Waals surface area contributed by atoms with Gasteiger partial charge in [0.05, 0.1) is 6.20 Å². The van der Waals surface area contributed by atoms with E-state index in [1.54, 1.807) is 18.3 Å². The number of aromatic nitrogens is 3. The van der Waals surface area contributed by atoms with Crippen molar-refractivity contribution in [3.8, 4) is 17.3 Å². The van der Waals surface area contributed by atoms with Gasteiger partial charge in [0, 0.05) is 32.7 Å². The molecule has 8 nitrogen and oxygen atoms in total. The molecule has 2 aromatic rings. The molecule has 0 spiro atoms. The van der Waals surface area contributed by atoms with Gasteiger partial charge in [0.25, 0.3) is 0 Å². The molecule has 1 aliphatic rings. The number of hydrogen-bond acceptors (Lipinski definition) is 7. The molecular formula is C13H17N5O3. The van der Waals surface area contributed by atoms with Crippen LogP contribution in [0, 0.1) is 0 Å². The molecule has 1 saturated heterocycles. The molecule has 8 heteroatoms. The summed E-state index contributed by atoms with van der Waals surface area (Å²) in [5, 5.41) is 6.90. The van der Waals surface area contributed by atoms with E-state index in [-0.39, 0.29) is 0 Å². The summed E-state index contributed by atoms with van der Waals surface area (Å²) >= 11 is 0. The summed E-state index contributed by atoms with van der Waals surface area (Å²) in [4.78, 5) is 19.9. The third-order valence-corrected chi connectivity index (χ3v) is 3.31. The highest BCUT2D eigenvalue weighted by molar-refractivity contribution is 5.48. The van der Waals surface area contributed by atoms with Crippen LogP contribution >= 0.6 is 0 Å². The smallest absolute Gasteiger partial charge is 0.439 e. The molecule has 0 atom stereocenters. The van der Waals surface area contributed by atoms with Crippen molar-refractivity contribution in [1.29, 1.82) is 0 Å². The summed E-state index contributed by atoms with van der Waals surface area (Å²) in [7, 11) is 0. The first-order chi connectivity index (χ1) is 10.3. The Morgan fingerprint density at radius 1 is 1.33 bits per heavy atom. The second kappa shape index (κ2) is 6.51. The monoisotopic (exact) mass is 291 g/mol. The standard InChI is InChI=1S/C13H17N5O3/c19-13-16-12(17-21-13)11-2-1-10(9-15-11)20-8-7-18-5-3-14-4-6-18/h1-2,9,14H,3-8H2,(H,16,17,19). The Balaban J connectivity index is 1.51. The van der Waals surface area contributed by atoms with Crippen molar-refractivity contribution >= 4 is 0 Å². The number of hydrogen-bond donors (Lipinski definition) is 2. The minimum atomic E-state index is -0.594. The van der Waals surface area contributed by atoms with Crippen LogP contribution in [0.1, 0.15) is 0 Å². The molecule has 0 aromatic carbocycles.